The lowest BCUT2D eigenvalue weighted by molar-refractivity contribution is 0.690. The third-order valence-corrected chi connectivity index (χ3v) is 3.87. The maximum absolute atomic E-state index is 6.27. The minimum absolute atomic E-state index is 0.573. The number of fused-ring (bicyclic) bond motifs is 1. The van der Waals surface area contributed by atoms with E-state index in [4.69, 9.17) is 28.9 Å². The molecule has 2 aromatic heterocycles. The summed E-state index contributed by atoms with van der Waals surface area (Å²) in [5.74, 6) is 0. The van der Waals surface area contributed by atoms with Crippen molar-refractivity contribution in [1.82, 2.24) is 20.5 Å². The fourth-order valence-corrected chi connectivity index (χ4v) is 2.85. The Labute approximate surface area is 131 Å². The first-order chi connectivity index (χ1) is 10.2. The highest BCUT2D eigenvalue weighted by Gasteiger charge is 2.12. The molecule has 0 radical (unpaired) electrons. The lowest BCUT2D eigenvalue weighted by atomic mass is 10.1. The molecule has 3 rings (SSSR count). The number of nitrogen functional groups attached to an aromatic ring is 1. The van der Waals surface area contributed by atoms with Crippen molar-refractivity contribution >= 4 is 39.8 Å². The summed E-state index contributed by atoms with van der Waals surface area (Å²) >= 11 is 12.4. The van der Waals surface area contributed by atoms with E-state index in [0.717, 1.165) is 22.0 Å². The van der Waals surface area contributed by atoms with Gasteiger partial charge in [-0.2, -0.15) is 10.2 Å². The molecule has 0 aliphatic heterocycles. The van der Waals surface area contributed by atoms with Crippen molar-refractivity contribution < 1.29 is 0 Å². The summed E-state index contributed by atoms with van der Waals surface area (Å²) in [5.41, 5.74) is 9.58. The molecule has 0 bridgehead atoms. The Hall–Kier alpha value is -1.82. The van der Waals surface area contributed by atoms with E-state index in [2.05, 4.69) is 20.5 Å². The van der Waals surface area contributed by atoms with Crippen molar-refractivity contribution in [3.8, 4) is 0 Å². The van der Waals surface area contributed by atoms with Gasteiger partial charge < -0.3 is 16.0 Å². The summed E-state index contributed by atoms with van der Waals surface area (Å²) in [7, 11) is 0. The van der Waals surface area contributed by atoms with Gasteiger partial charge in [-0.15, -0.1) is 0 Å². The predicted octanol–water partition coefficient (Wildman–Crippen LogP) is 3.14. The Bertz CT molecular complexity index is 770. The SMILES string of the molecule is Nc1c(CNCc2ccnnc2)cc(Cl)c2c(Cl)c[nH]c12. The largest absolute Gasteiger partial charge is 0.397 e. The van der Waals surface area contributed by atoms with E-state index in [9.17, 15) is 0 Å². The first kappa shape index (κ1) is 14.1. The molecule has 7 heteroatoms. The second kappa shape index (κ2) is 5.89. The average molecular weight is 322 g/mol. The Balaban J connectivity index is 1.80. The van der Waals surface area contributed by atoms with Crippen molar-refractivity contribution in [3.63, 3.8) is 0 Å². The number of halogens is 2. The summed E-state index contributed by atoms with van der Waals surface area (Å²) in [6.45, 7) is 1.27. The fraction of sp³-hybridized carbons (Fsp3) is 0.143. The average Bonchev–Trinajstić information content (AvgIpc) is 2.88. The number of anilines is 1. The summed E-state index contributed by atoms with van der Waals surface area (Å²) in [6, 6.07) is 3.75. The third-order valence-electron chi connectivity index (χ3n) is 3.28. The Morgan fingerprint density at radius 3 is 2.81 bits per heavy atom. The number of aromatic nitrogens is 3. The minimum Gasteiger partial charge on any atom is -0.397 e. The monoisotopic (exact) mass is 321 g/mol. The molecule has 0 aliphatic carbocycles. The molecule has 0 atom stereocenters. The molecule has 4 N–H and O–H groups in total. The van der Waals surface area contributed by atoms with Crippen LogP contribution in [0.25, 0.3) is 10.9 Å². The van der Waals surface area contributed by atoms with Crippen LogP contribution in [0.5, 0.6) is 0 Å². The smallest absolute Gasteiger partial charge is 0.0721 e. The van der Waals surface area contributed by atoms with Crippen LogP contribution in [0.3, 0.4) is 0 Å². The van der Waals surface area contributed by atoms with Gasteiger partial charge in [-0.05, 0) is 23.3 Å². The molecule has 0 unspecified atom stereocenters. The molecule has 2 heterocycles. The Kier molecular flexibility index (Phi) is 3.96. The van der Waals surface area contributed by atoms with E-state index in [1.807, 2.05) is 12.1 Å². The molecule has 0 saturated heterocycles. The van der Waals surface area contributed by atoms with Crippen molar-refractivity contribution in [3.05, 3.63) is 51.9 Å². The maximum Gasteiger partial charge on any atom is 0.0721 e. The van der Waals surface area contributed by atoms with Crippen LogP contribution in [0.15, 0.2) is 30.7 Å². The van der Waals surface area contributed by atoms with Gasteiger partial charge >= 0.3 is 0 Å². The van der Waals surface area contributed by atoms with Gasteiger partial charge in [0.2, 0.25) is 0 Å². The number of hydrogen-bond donors (Lipinski definition) is 3. The number of nitrogens with one attached hydrogen (secondary N) is 2. The van der Waals surface area contributed by atoms with E-state index in [-0.39, 0.29) is 0 Å². The highest BCUT2D eigenvalue weighted by atomic mass is 35.5. The molecule has 0 amide bonds. The zero-order valence-electron chi connectivity index (χ0n) is 11.0. The number of benzene rings is 1. The molecule has 0 saturated carbocycles. The summed E-state index contributed by atoms with van der Waals surface area (Å²) in [5, 5.41) is 12.8. The number of hydrogen-bond acceptors (Lipinski definition) is 4. The summed E-state index contributed by atoms with van der Waals surface area (Å²) in [6.07, 6.45) is 5.07. The highest BCUT2D eigenvalue weighted by Crippen LogP contribution is 2.35. The van der Waals surface area contributed by atoms with E-state index in [1.54, 1.807) is 18.6 Å². The quantitative estimate of drug-likeness (QED) is 0.645. The first-order valence-corrected chi connectivity index (χ1v) is 7.12. The number of nitrogens with two attached hydrogens (primary N) is 1. The molecule has 0 fully saturated rings. The van der Waals surface area contributed by atoms with Gasteiger partial charge in [0.05, 0.1) is 27.4 Å². The molecule has 21 heavy (non-hydrogen) atoms. The van der Waals surface area contributed by atoms with E-state index < -0.39 is 0 Å². The van der Waals surface area contributed by atoms with Crippen LogP contribution in [0.4, 0.5) is 5.69 Å². The van der Waals surface area contributed by atoms with Crippen LogP contribution in [-0.2, 0) is 13.1 Å². The normalized spacial score (nSPS) is 11.1. The van der Waals surface area contributed by atoms with Gasteiger partial charge in [0.25, 0.3) is 0 Å². The Morgan fingerprint density at radius 2 is 2.05 bits per heavy atom. The zero-order chi connectivity index (χ0) is 14.8. The van der Waals surface area contributed by atoms with Gasteiger partial charge in [-0.25, -0.2) is 0 Å². The van der Waals surface area contributed by atoms with Crippen molar-refractivity contribution in [1.29, 1.82) is 0 Å². The number of rotatable bonds is 4. The second-order valence-electron chi connectivity index (χ2n) is 4.67. The van der Waals surface area contributed by atoms with E-state index in [1.165, 1.54) is 0 Å². The van der Waals surface area contributed by atoms with Gasteiger partial charge in [0.1, 0.15) is 0 Å². The molecule has 5 nitrogen and oxygen atoms in total. The van der Waals surface area contributed by atoms with Gasteiger partial charge in [-0.1, -0.05) is 23.2 Å². The van der Waals surface area contributed by atoms with Crippen molar-refractivity contribution in [2.24, 2.45) is 0 Å². The number of aromatic amines is 1. The zero-order valence-corrected chi connectivity index (χ0v) is 12.5. The molecule has 108 valence electrons. The summed E-state index contributed by atoms with van der Waals surface area (Å²) < 4.78 is 0. The van der Waals surface area contributed by atoms with Crippen LogP contribution >= 0.6 is 23.2 Å². The number of H-pyrrole nitrogens is 1. The second-order valence-corrected chi connectivity index (χ2v) is 5.49. The molecule has 0 aliphatic rings. The highest BCUT2D eigenvalue weighted by molar-refractivity contribution is 6.42. The first-order valence-electron chi connectivity index (χ1n) is 6.36. The topological polar surface area (TPSA) is 79.6 Å². The van der Waals surface area contributed by atoms with E-state index in [0.29, 0.717) is 28.8 Å². The lowest BCUT2D eigenvalue weighted by Crippen LogP contribution is -2.14. The predicted molar refractivity (Wildman–Crippen MR) is 85.3 cm³/mol. The Morgan fingerprint density at radius 1 is 1.19 bits per heavy atom. The molecule has 0 spiro atoms. The summed E-state index contributed by atoms with van der Waals surface area (Å²) in [4.78, 5) is 3.06. The molecular weight excluding hydrogens is 309 g/mol. The van der Waals surface area contributed by atoms with Crippen molar-refractivity contribution in [2.75, 3.05) is 5.73 Å². The van der Waals surface area contributed by atoms with Crippen LogP contribution in [0.2, 0.25) is 10.0 Å². The van der Waals surface area contributed by atoms with Gasteiger partial charge in [0, 0.05) is 30.9 Å². The standard InChI is InChI=1S/C14H13Cl2N5/c15-10-3-9(6-18-4-8-1-2-20-21-5-8)13(17)14-12(10)11(16)7-19-14/h1-3,5,7,18-19H,4,6,17H2. The molecular formula is C14H13Cl2N5. The van der Waals surface area contributed by atoms with Crippen LogP contribution in [0.1, 0.15) is 11.1 Å². The van der Waals surface area contributed by atoms with E-state index >= 15 is 0 Å². The van der Waals surface area contributed by atoms with Gasteiger partial charge in [-0.3, -0.25) is 0 Å². The molecule has 1 aromatic carbocycles. The minimum atomic E-state index is 0.573. The van der Waals surface area contributed by atoms with Crippen molar-refractivity contribution in [2.45, 2.75) is 13.1 Å². The fourth-order valence-electron chi connectivity index (χ4n) is 2.22. The van der Waals surface area contributed by atoms with Crippen LogP contribution < -0.4 is 11.1 Å². The number of nitrogens with zero attached hydrogens (tertiary/aromatic N) is 2. The lowest BCUT2D eigenvalue weighted by Gasteiger charge is -2.10. The van der Waals surface area contributed by atoms with Crippen LogP contribution in [0, 0.1) is 0 Å². The molecule has 3 aromatic rings. The van der Waals surface area contributed by atoms with Crippen LogP contribution in [-0.4, -0.2) is 15.2 Å². The third kappa shape index (κ3) is 2.81. The maximum atomic E-state index is 6.27. The van der Waals surface area contributed by atoms with Gasteiger partial charge in [0.15, 0.2) is 0 Å².